The zero-order chi connectivity index (χ0) is 13.7. The maximum atomic E-state index is 8.87. The van der Waals surface area contributed by atoms with Crippen LogP contribution < -0.4 is 10.6 Å². The SMILES string of the molecule is CCC(C)N(CC)c1cccc(Cl)c1C(N)=NO. The van der Waals surface area contributed by atoms with Crippen LogP contribution in [0.3, 0.4) is 0 Å². The molecule has 1 rings (SSSR count). The Balaban J connectivity index is 3.34. The maximum absolute atomic E-state index is 8.87. The smallest absolute Gasteiger partial charge is 0.173 e. The van der Waals surface area contributed by atoms with Crippen molar-refractivity contribution in [3.05, 3.63) is 28.8 Å². The molecule has 0 aromatic heterocycles. The molecule has 0 aliphatic carbocycles. The number of oxime groups is 1. The summed E-state index contributed by atoms with van der Waals surface area (Å²) in [7, 11) is 0. The summed E-state index contributed by atoms with van der Waals surface area (Å²) in [5.74, 6) is 0.0392. The Morgan fingerprint density at radius 1 is 1.50 bits per heavy atom. The van der Waals surface area contributed by atoms with Crippen LogP contribution >= 0.6 is 11.6 Å². The summed E-state index contributed by atoms with van der Waals surface area (Å²) in [6.07, 6.45) is 1.01. The highest BCUT2D eigenvalue weighted by Crippen LogP contribution is 2.29. The van der Waals surface area contributed by atoms with Gasteiger partial charge in [-0.1, -0.05) is 29.7 Å². The second kappa shape index (κ2) is 6.50. The van der Waals surface area contributed by atoms with Crippen molar-refractivity contribution in [2.24, 2.45) is 10.9 Å². The lowest BCUT2D eigenvalue weighted by Gasteiger charge is -2.31. The third kappa shape index (κ3) is 2.88. The number of nitrogens with two attached hydrogens (primary N) is 1. The topological polar surface area (TPSA) is 61.8 Å². The van der Waals surface area contributed by atoms with Gasteiger partial charge in [0, 0.05) is 18.3 Å². The van der Waals surface area contributed by atoms with Crippen molar-refractivity contribution < 1.29 is 5.21 Å². The van der Waals surface area contributed by atoms with Gasteiger partial charge in [0.05, 0.1) is 10.6 Å². The second-order valence-corrected chi connectivity index (χ2v) is 4.57. The Morgan fingerprint density at radius 3 is 2.67 bits per heavy atom. The van der Waals surface area contributed by atoms with Crippen molar-refractivity contribution in [1.29, 1.82) is 0 Å². The van der Waals surface area contributed by atoms with Crippen LogP contribution in [0.4, 0.5) is 5.69 Å². The van der Waals surface area contributed by atoms with E-state index in [4.69, 9.17) is 22.5 Å². The van der Waals surface area contributed by atoms with E-state index in [0.29, 0.717) is 16.6 Å². The minimum Gasteiger partial charge on any atom is -0.409 e. The normalized spacial score (nSPS) is 13.4. The van der Waals surface area contributed by atoms with Crippen LogP contribution in [0, 0.1) is 0 Å². The quantitative estimate of drug-likeness (QED) is 0.374. The minimum atomic E-state index is 0.0392. The molecule has 0 heterocycles. The van der Waals surface area contributed by atoms with Crippen molar-refractivity contribution >= 4 is 23.1 Å². The van der Waals surface area contributed by atoms with Gasteiger partial charge in [0.2, 0.25) is 0 Å². The zero-order valence-corrected chi connectivity index (χ0v) is 11.8. The van der Waals surface area contributed by atoms with Gasteiger partial charge in [-0.05, 0) is 32.4 Å². The summed E-state index contributed by atoms with van der Waals surface area (Å²) in [4.78, 5) is 2.19. The van der Waals surface area contributed by atoms with Crippen LogP contribution in [-0.2, 0) is 0 Å². The number of amidine groups is 1. The Labute approximate surface area is 113 Å². The van der Waals surface area contributed by atoms with Crippen molar-refractivity contribution in [1.82, 2.24) is 0 Å². The molecular weight excluding hydrogens is 250 g/mol. The first kappa shape index (κ1) is 14.6. The molecule has 0 saturated heterocycles. The van der Waals surface area contributed by atoms with Crippen molar-refractivity contribution in [2.75, 3.05) is 11.4 Å². The number of hydrogen-bond donors (Lipinski definition) is 2. The maximum Gasteiger partial charge on any atom is 0.173 e. The van der Waals surface area contributed by atoms with E-state index in [2.05, 4.69) is 30.8 Å². The molecule has 0 aliphatic rings. The fourth-order valence-electron chi connectivity index (χ4n) is 2.00. The van der Waals surface area contributed by atoms with Gasteiger partial charge in [0.25, 0.3) is 0 Å². The predicted octanol–water partition coefficient (Wildman–Crippen LogP) is 3.06. The number of nitrogens with zero attached hydrogens (tertiary/aromatic N) is 2. The molecule has 0 saturated carbocycles. The van der Waals surface area contributed by atoms with Crippen LogP contribution in [0.5, 0.6) is 0 Å². The van der Waals surface area contributed by atoms with Crippen molar-refractivity contribution in [2.45, 2.75) is 33.2 Å². The molecule has 1 atom stereocenters. The predicted molar refractivity (Wildman–Crippen MR) is 76.7 cm³/mol. The standard InChI is InChI=1S/C13H20ClN3O/c1-4-9(3)17(5-2)11-8-6-7-10(14)12(11)13(15)16-18/h6-9,18H,4-5H2,1-3H3,(H2,15,16). The van der Waals surface area contributed by atoms with E-state index in [1.807, 2.05) is 12.1 Å². The molecular formula is C13H20ClN3O. The summed E-state index contributed by atoms with van der Waals surface area (Å²) in [6, 6.07) is 5.91. The zero-order valence-electron chi connectivity index (χ0n) is 11.0. The van der Waals surface area contributed by atoms with Gasteiger partial charge in [-0.3, -0.25) is 0 Å². The fraction of sp³-hybridized carbons (Fsp3) is 0.462. The fourth-order valence-corrected chi connectivity index (χ4v) is 2.26. The average Bonchev–Trinajstić information content (AvgIpc) is 2.38. The van der Waals surface area contributed by atoms with Gasteiger partial charge in [0.1, 0.15) is 0 Å². The second-order valence-electron chi connectivity index (χ2n) is 4.16. The Morgan fingerprint density at radius 2 is 2.17 bits per heavy atom. The van der Waals surface area contributed by atoms with E-state index < -0.39 is 0 Å². The van der Waals surface area contributed by atoms with Gasteiger partial charge >= 0.3 is 0 Å². The van der Waals surface area contributed by atoms with Gasteiger partial charge in [-0.15, -0.1) is 0 Å². The summed E-state index contributed by atoms with van der Waals surface area (Å²) in [5.41, 5.74) is 7.20. The van der Waals surface area contributed by atoms with Crippen LogP contribution in [0.25, 0.3) is 0 Å². The summed E-state index contributed by atoms with van der Waals surface area (Å²) in [6.45, 7) is 7.17. The van der Waals surface area contributed by atoms with Crippen molar-refractivity contribution in [3.63, 3.8) is 0 Å². The van der Waals surface area contributed by atoms with E-state index in [-0.39, 0.29) is 5.84 Å². The van der Waals surface area contributed by atoms with Crippen LogP contribution in [-0.4, -0.2) is 23.6 Å². The molecule has 4 nitrogen and oxygen atoms in total. The number of halogens is 1. The number of benzene rings is 1. The summed E-state index contributed by atoms with van der Waals surface area (Å²) in [5, 5.41) is 12.4. The monoisotopic (exact) mass is 269 g/mol. The first-order valence-corrected chi connectivity index (χ1v) is 6.47. The van der Waals surface area contributed by atoms with Gasteiger partial charge in [-0.25, -0.2) is 0 Å². The number of rotatable bonds is 5. The first-order chi connectivity index (χ1) is 8.56. The van der Waals surface area contributed by atoms with E-state index in [1.165, 1.54) is 0 Å². The molecule has 0 fully saturated rings. The third-order valence-corrected chi connectivity index (χ3v) is 3.44. The Bertz CT molecular complexity index is 434. The highest BCUT2D eigenvalue weighted by atomic mass is 35.5. The van der Waals surface area contributed by atoms with Crippen LogP contribution in [0.1, 0.15) is 32.8 Å². The van der Waals surface area contributed by atoms with Gasteiger partial charge in [-0.2, -0.15) is 0 Å². The van der Waals surface area contributed by atoms with Gasteiger partial charge < -0.3 is 15.8 Å². The highest BCUT2D eigenvalue weighted by molar-refractivity contribution is 6.34. The Hall–Kier alpha value is -1.42. The number of anilines is 1. The molecule has 0 aliphatic heterocycles. The van der Waals surface area contributed by atoms with E-state index in [9.17, 15) is 0 Å². The molecule has 100 valence electrons. The minimum absolute atomic E-state index is 0.0392. The van der Waals surface area contributed by atoms with E-state index >= 15 is 0 Å². The first-order valence-electron chi connectivity index (χ1n) is 6.09. The number of hydrogen-bond acceptors (Lipinski definition) is 3. The molecule has 3 N–H and O–H groups in total. The Kier molecular flexibility index (Phi) is 5.28. The molecule has 0 spiro atoms. The molecule has 5 heteroatoms. The third-order valence-electron chi connectivity index (χ3n) is 3.13. The summed E-state index contributed by atoms with van der Waals surface area (Å²) < 4.78 is 0. The molecule has 1 aromatic rings. The average molecular weight is 270 g/mol. The highest BCUT2D eigenvalue weighted by Gasteiger charge is 2.19. The molecule has 18 heavy (non-hydrogen) atoms. The van der Waals surface area contributed by atoms with Crippen LogP contribution in [0.15, 0.2) is 23.4 Å². The van der Waals surface area contributed by atoms with Crippen LogP contribution in [0.2, 0.25) is 5.02 Å². The van der Waals surface area contributed by atoms with Crippen molar-refractivity contribution in [3.8, 4) is 0 Å². The summed E-state index contributed by atoms with van der Waals surface area (Å²) >= 11 is 6.15. The lowest BCUT2D eigenvalue weighted by molar-refractivity contribution is 0.318. The lowest BCUT2D eigenvalue weighted by atomic mass is 10.1. The molecule has 1 unspecified atom stereocenters. The van der Waals surface area contributed by atoms with Gasteiger partial charge in [0.15, 0.2) is 5.84 Å². The van der Waals surface area contributed by atoms with E-state index in [1.54, 1.807) is 6.07 Å². The lowest BCUT2D eigenvalue weighted by Crippen LogP contribution is -2.34. The molecule has 0 amide bonds. The van der Waals surface area contributed by atoms with E-state index in [0.717, 1.165) is 18.7 Å². The largest absolute Gasteiger partial charge is 0.409 e. The molecule has 0 bridgehead atoms. The molecule has 1 aromatic carbocycles. The molecule has 0 radical (unpaired) electrons.